The number of rotatable bonds is 8. The van der Waals surface area contributed by atoms with Gasteiger partial charge in [-0.3, -0.25) is 10.5 Å². The van der Waals surface area contributed by atoms with Gasteiger partial charge in [-0.25, -0.2) is 5.84 Å². The molecule has 0 amide bonds. The van der Waals surface area contributed by atoms with E-state index in [1.54, 1.807) is 6.20 Å². The van der Waals surface area contributed by atoms with E-state index in [2.05, 4.69) is 56.7 Å². The van der Waals surface area contributed by atoms with Gasteiger partial charge in [0.05, 0.1) is 11.6 Å². The van der Waals surface area contributed by atoms with Crippen LogP contribution in [0.3, 0.4) is 0 Å². The molecule has 0 saturated heterocycles. The fourth-order valence-corrected chi connectivity index (χ4v) is 1.99. The number of hydrazine groups is 1. The van der Waals surface area contributed by atoms with Gasteiger partial charge in [0.15, 0.2) is 5.65 Å². The first-order valence-electron chi connectivity index (χ1n) is 7.23. The minimum absolute atomic E-state index is 0.369. The summed E-state index contributed by atoms with van der Waals surface area (Å²) in [5, 5.41) is 11.0. The van der Waals surface area contributed by atoms with E-state index in [1.165, 1.54) is 0 Å². The highest BCUT2D eigenvalue weighted by molar-refractivity contribution is 5.86. The fraction of sp³-hybridized carbons (Fsp3) is 0.615. The molecule has 5 N–H and O–H groups in total. The second-order valence-corrected chi connectivity index (χ2v) is 5.38. The number of anilines is 2. The third-order valence-electron chi connectivity index (χ3n) is 3.55. The SMILES string of the molecule is CC(C)N(C)CCCCNc1nc(NN)nc2[nH]ncc12. The Kier molecular flexibility index (Phi) is 5.29. The predicted molar refractivity (Wildman–Crippen MR) is 85.0 cm³/mol. The average Bonchev–Trinajstić information content (AvgIpc) is 2.94. The summed E-state index contributed by atoms with van der Waals surface area (Å²) in [6.45, 7) is 6.36. The minimum Gasteiger partial charge on any atom is -0.369 e. The number of hydrogen-bond acceptors (Lipinski definition) is 7. The van der Waals surface area contributed by atoms with Crippen LogP contribution in [0, 0.1) is 0 Å². The standard InChI is InChI=1S/C13H24N8/c1-9(2)21(3)7-5-4-6-15-11-10-8-16-20-12(10)18-13(17-11)19-14/h8-9H,4-7,14H2,1-3H3,(H3,15,16,17,18,19,20). The van der Waals surface area contributed by atoms with Crippen molar-refractivity contribution in [2.45, 2.75) is 32.7 Å². The van der Waals surface area contributed by atoms with Crippen LogP contribution in [0.2, 0.25) is 0 Å². The van der Waals surface area contributed by atoms with Crippen molar-refractivity contribution in [3.05, 3.63) is 6.20 Å². The van der Waals surface area contributed by atoms with Crippen molar-refractivity contribution in [3.63, 3.8) is 0 Å². The van der Waals surface area contributed by atoms with Crippen LogP contribution in [0.15, 0.2) is 6.20 Å². The van der Waals surface area contributed by atoms with Crippen LogP contribution in [-0.2, 0) is 0 Å². The number of nitrogens with one attached hydrogen (secondary N) is 3. The topological polar surface area (TPSA) is 108 Å². The smallest absolute Gasteiger partial charge is 0.241 e. The highest BCUT2D eigenvalue weighted by Gasteiger charge is 2.08. The summed E-state index contributed by atoms with van der Waals surface area (Å²) in [6.07, 6.45) is 3.93. The quantitative estimate of drug-likeness (QED) is 0.328. The molecule has 0 aliphatic carbocycles. The molecule has 0 spiro atoms. The monoisotopic (exact) mass is 292 g/mol. The van der Waals surface area contributed by atoms with E-state index in [0.29, 0.717) is 17.6 Å². The van der Waals surface area contributed by atoms with Gasteiger partial charge < -0.3 is 10.2 Å². The summed E-state index contributed by atoms with van der Waals surface area (Å²) in [5.41, 5.74) is 3.13. The number of aromatic amines is 1. The number of nitrogen functional groups attached to an aromatic ring is 1. The summed E-state index contributed by atoms with van der Waals surface area (Å²) in [7, 11) is 2.15. The number of H-pyrrole nitrogens is 1. The van der Waals surface area contributed by atoms with Gasteiger partial charge >= 0.3 is 0 Å². The zero-order valence-corrected chi connectivity index (χ0v) is 12.8. The molecule has 0 aromatic carbocycles. The third-order valence-corrected chi connectivity index (χ3v) is 3.55. The Morgan fingerprint density at radius 2 is 2.14 bits per heavy atom. The van der Waals surface area contributed by atoms with Gasteiger partial charge in [-0.2, -0.15) is 15.1 Å². The molecule has 0 saturated carbocycles. The van der Waals surface area contributed by atoms with Crippen molar-refractivity contribution in [3.8, 4) is 0 Å². The van der Waals surface area contributed by atoms with Crippen LogP contribution in [0.25, 0.3) is 11.0 Å². The van der Waals surface area contributed by atoms with E-state index >= 15 is 0 Å². The number of aromatic nitrogens is 4. The zero-order valence-electron chi connectivity index (χ0n) is 12.8. The largest absolute Gasteiger partial charge is 0.369 e. The average molecular weight is 292 g/mol. The first-order chi connectivity index (χ1) is 10.1. The van der Waals surface area contributed by atoms with Crippen molar-refractivity contribution in [2.24, 2.45) is 5.84 Å². The molecule has 21 heavy (non-hydrogen) atoms. The lowest BCUT2D eigenvalue weighted by atomic mass is 10.2. The number of fused-ring (bicyclic) bond motifs is 1. The Hall–Kier alpha value is -1.93. The Labute approximate surface area is 124 Å². The van der Waals surface area contributed by atoms with Crippen LogP contribution >= 0.6 is 0 Å². The van der Waals surface area contributed by atoms with E-state index in [0.717, 1.165) is 37.1 Å². The molecule has 8 nitrogen and oxygen atoms in total. The number of nitrogens with two attached hydrogens (primary N) is 1. The number of hydrogen-bond donors (Lipinski definition) is 4. The first kappa shape index (κ1) is 15.5. The second-order valence-electron chi connectivity index (χ2n) is 5.38. The summed E-state index contributed by atoms with van der Waals surface area (Å²) >= 11 is 0. The summed E-state index contributed by atoms with van der Waals surface area (Å²) in [4.78, 5) is 10.9. The molecular weight excluding hydrogens is 268 g/mol. The van der Waals surface area contributed by atoms with Gasteiger partial charge in [0.2, 0.25) is 5.95 Å². The van der Waals surface area contributed by atoms with Crippen molar-refractivity contribution < 1.29 is 0 Å². The molecule has 2 heterocycles. The Morgan fingerprint density at radius 1 is 1.33 bits per heavy atom. The van der Waals surface area contributed by atoms with Crippen molar-refractivity contribution >= 4 is 22.8 Å². The lowest BCUT2D eigenvalue weighted by molar-refractivity contribution is 0.269. The van der Waals surface area contributed by atoms with Crippen LogP contribution < -0.4 is 16.6 Å². The van der Waals surface area contributed by atoms with Crippen LogP contribution in [0.1, 0.15) is 26.7 Å². The zero-order chi connectivity index (χ0) is 15.2. The summed E-state index contributed by atoms with van der Waals surface area (Å²) in [5.74, 6) is 6.49. The van der Waals surface area contributed by atoms with Crippen LogP contribution in [0.4, 0.5) is 11.8 Å². The molecular formula is C13H24N8. The summed E-state index contributed by atoms with van der Waals surface area (Å²) in [6, 6.07) is 0.587. The van der Waals surface area contributed by atoms with E-state index in [-0.39, 0.29) is 0 Å². The molecule has 0 aliphatic rings. The predicted octanol–water partition coefficient (Wildman–Crippen LogP) is 1.17. The molecule has 0 aliphatic heterocycles. The lowest BCUT2D eigenvalue weighted by Gasteiger charge is -2.20. The minimum atomic E-state index is 0.369. The Balaban J connectivity index is 1.87. The van der Waals surface area contributed by atoms with Crippen molar-refractivity contribution in [1.82, 2.24) is 25.1 Å². The molecule has 0 unspecified atom stereocenters. The maximum atomic E-state index is 5.37. The van der Waals surface area contributed by atoms with E-state index < -0.39 is 0 Å². The van der Waals surface area contributed by atoms with E-state index in [9.17, 15) is 0 Å². The Bertz CT molecular complexity index is 564. The molecule has 2 rings (SSSR count). The fourth-order valence-electron chi connectivity index (χ4n) is 1.99. The maximum absolute atomic E-state index is 5.37. The van der Waals surface area contributed by atoms with Gasteiger partial charge in [-0.15, -0.1) is 0 Å². The molecule has 116 valence electrons. The normalized spacial score (nSPS) is 11.5. The van der Waals surface area contributed by atoms with Crippen LogP contribution in [0.5, 0.6) is 0 Å². The number of nitrogens with zero attached hydrogens (tertiary/aromatic N) is 4. The molecule has 8 heteroatoms. The second kappa shape index (κ2) is 7.19. The van der Waals surface area contributed by atoms with Gasteiger partial charge in [0.1, 0.15) is 5.82 Å². The first-order valence-corrected chi connectivity index (χ1v) is 7.23. The van der Waals surface area contributed by atoms with Crippen molar-refractivity contribution in [1.29, 1.82) is 0 Å². The van der Waals surface area contributed by atoms with Gasteiger partial charge in [0, 0.05) is 12.6 Å². The molecule has 2 aromatic rings. The maximum Gasteiger partial charge on any atom is 0.241 e. The molecule has 2 aromatic heterocycles. The number of unbranched alkanes of at least 4 members (excludes halogenated alkanes) is 1. The van der Waals surface area contributed by atoms with E-state index in [4.69, 9.17) is 5.84 Å². The molecule has 0 fully saturated rings. The molecule has 0 atom stereocenters. The third kappa shape index (κ3) is 4.02. The van der Waals surface area contributed by atoms with E-state index in [1.807, 2.05) is 0 Å². The van der Waals surface area contributed by atoms with Gasteiger partial charge in [-0.1, -0.05) is 0 Å². The Morgan fingerprint density at radius 3 is 2.86 bits per heavy atom. The highest BCUT2D eigenvalue weighted by atomic mass is 15.3. The van der Waals surface area contributed by atoms with Crippen LogP contribution in [-0.4, -0.2) is 51.2 Å². The summed E-state index contributed by atoms with van der Waals surface area (Å²) < 4.78 is 0. The highest BCUT2D eigenvalue weighted by Crippen LogP contribution is 2.19. The van der Waals surface area contributed by atoms with Crippen molar-refractivity contribution in [2.75, 3.05) is 30.9 Å². The molecule has 0 bridgehead atoms. The van der Waals surface area contributed by atoms with Gasteiger partial charge in [0.25, 0.3) is 0 Å². The van der Waals surface area contributed by atoms with Gasteiger partial charge in [-0.05, 0) is 40.3 Å². The molecule has 0 radical (unpaired) electrons. The lowest BCUT2D eigenvalue weighted by Crippen LogP contribution is -2.27.